The fourth-order valence-electron chi connectivity index (χ4n) is 8.10. The van der Waals surface area contributed by atoms with Crippen LogP contribution in [0.5, 0.6) is 0 Å². The molecule has 0 aliphatic carbocycles. The van der Waals surface area contributed by atoms with E-state index < -0.39 is 0 Å². The Bertz CT molecular complexity index is 3170. The summed E-state index contributed by atoms with van der Waals surface area (Å²) in [5.74, 6) is 1.92. The molecule has 8 aromatic carbocycles. The van der Waals surface area contributed by atoms with Crippen molar-refractivity contribution in [1.29, 1.82) is 0 Å². The average molecular weight is 701 g/mol. The lowest BCUT2D eigenvalue weighted by Crippen LogP contribution is -2.00. The van der Waals surface area contributed by atoms with E-state index in [0.717, 1.165) is 38.9 Å². The van der Waals surface area contributed by atoms with Crippen molar-refractivity contribution >= 4 is 38.1 Å². The van der Waals surface area contributed by atoms with Gasteiger partial charge in [0.15, 0.2) is 17.5 Å². The third-order valence-corrected chi connectivity index (χ3v) is 10.8. The third kappa shape index (κ3) is 5.26. The van der Waals surface area contributed by atoms with Crippen molar-refractivity contribution in [1.82, 2.24) is 19.4 Å². The molecule has 4 nitrogen and oxygen atoms in total. The molecule has 11 rings (SSSR count). The molecule has 0 spiro atoms. The summed E-state index contributed by atoms with van der Waals surface area (Å²) in [6.07, 6.45) is 0. The molecule has 0 saturated heterocycles. The second kappa shape index (κ2) is 12.6. The summed E-state index contributed by atoms with van der Waals surface area (Å²) in [4.78, 5) is 15.1. The molecule has 0 radical (unpaired) electrons. The van der Waals surface area contributed by atoms with E-state index in [1.54, 1.807) is 0 Å². The highest BCUT2D eigenvalue weighted by molar-refractivity contribution is 6.23. The lowest BCUT2D eigenvalue weighted by molar-refractivity contribution is 1.07. The maximum absolute atomic E-state index is 5.09. The second-order valence-corrected chi connectivity index (χ2v) is 14.1. The van der Waals surface area contributed by atoms with Crippen molar-refractivity contribution < 1.29 is 0 Å². The van der Waals surface area contributed by atoms with Gasteiger partial charge in [0.05, 0.1) is 16.6 Å². The van der Waals surface area contributed by atoms with Crippen LogP contribution in [0.2, 0.25) is 0 Å². The van der Waals surface area contributed by atoms with E-state index in [1.807, 2.05) is 36.4 Å². The number of rotatable bonds is 6. The zero-order chi connectivity index (χ0) is 36.3. The highest BCUT2D eigenvalue weighted by Gasteiger charge is 2.18. The fraction of sp³-hybridized carbons (Fsp3) is 0. The topological polar surface area (TPSA) is 43.1 Å². The molecule has 11 aromatic rings. The number of hydrogen-bond acceptors (Lipinski definition) is 3. The first kappa shape index (κ1) is 31.1. The number of benzene rings is 8. The molecule has 0 bridgehead atoms. The van der Waals surface area contributed by atoms with Crippen LogP contribution in [0.25, 0.3) is 106 Å². The summed E-state index contributed by atoms with van der Waals surface area (Å²) in [5.41, 5.74) is 13.5. The molecule has 256 valence electrons. The van der Waals surface area contributed by atoms with Crippen LogP contribution in [0.1, 0.15) is 0 Å². The van der Waals surface area contributed by atoms with E-state index in [4.69, 9.17) is 15.0 Å². The molecule has 0 atom stereocenters. The minimum absolute atomic E-state index is 0.639. The van der Waals surface area contributed by atoms with Crippen LogP contribution in [-0.2, 0) is 0 Å². The van der Waals surface area contributed by atoms with Crippen molar-refractivity contribution in [3.63, 3.8) is 0 Å². The van der Waals surface area contributed by atoms with E-state index in [2.05, 4.69) is 162 Å². The van der Waals surface area contributed by atoms with Gasteiger partial charge >= 0.3 is 0 Å². The quantitative estimate of drug-likeness (QED) is 0.173. The average Bonchev–Trinajstić information content (AvgIpc) is 3.79. The molecule has 0 amide bonds. The molecule has 0 unspecified atom stereocenters. The van der Waals surface area contributed by atoms with Gasteiger partial charge in [-0.05, 0) is 57.6 Å². The van der Waals surface area contributed by atoms with E-state index in [9.17, 15) is 0 Å². The van der Waals surface area contributed by atoms with Crippen LogP contribution in [0.4, 0.5) is 0 Å². The Kier molecular flexibility index (Phi) is 7.14. The van der Waals surface area contributed by atoms with Gasteiger partial charge in [-0.2, -0.15) is 0 Å². The SMILES string of the molecule is c1ccc(-c2ccc(-c3ccc(-c4nc(-c5ccccc5)nc(-c5cccc(-c6ccc7c(c6)c6cccc8c9ccccc9n7c86)c5)n4)cc3)cc2)cc1. The number of para-hydroxylation sites is 2. The minimum Gasteiger partial charge on any atom is -0.308 e. The van der Waals surface area contributed by atoms with Crippen molar-refractivity contribution in [2.75, 3.05) is 0 Å². The van der Waals surface area contributed by atoms with E-state index in [-0.39, 0.29) is 0 Å². The van der Waals surface area contributed by atoms with Gasteiger partial charge in [-0.15, -0.1) is 0 Å². The monoisotopic (exact) mass is 700 g/mol. The smallest absolute Gasteiger partial charge is 0.164 e. The molecular formula is C51H32N4. The zero-order valence-corrected chi connectivity index (χ0v) is 29.8. The number of nitrogens with zero attached hydrogens (tertiary/aromatic N) is 4. The zero-order valence-electron chi connectivity index (χ0n) is 29.8. The summed E-state index contributed by atoms with van der Waals surface area (Å²) < 4.78 is 2.42. The van der Waals surface area contributed by atoms with Crippen LogP contribution in [-0.4, -0.2) is 19.4 Å². The van der Waals surface area contributed by atoms with Crippen LogP contribution in [0.15, 0.2) is 194 Å². The van der Waals surface area contributed by atoms with E-state index in [1.165, 1.54) is 49.2 Å². The standard InChI is InChI=1S/C51H32N4/c1-3-11-33(12-4-1)34-21-23-35(24-22-34)36-25-27-38(28-26-36)50-52-49(37-13-5-2-6-14-37)53-51(54-50)41-16-9-15-39(31-41)40-29-30-47-45(32-40)44-19-10-18-43-42-17-7-8-20-46(42)55(47)48(43)44/h1-32H. The van der Waals surface area contributed by atoms with Gasteiger partial charge in [0, 0.05) is 38.2 Å². The van der Waals surface area contributed by atoms with Gasteiger partial charge in [0.1, 0.15) is 0 Å². The number of fused-ring (bicyclic) bond motifs is 6. The lowest BCUT2D eigenvalue weighted by atomic mass is 9.99. The van der Waals surface area contributed by atoms with E-state index >= 15 is 0 Å². The Hall–Kier alpha value is -7.43. The summed E-state index contributed by atoms with van der Waals surface area (Å²) in [7, 11) is 0. The van der Waals surface area contributed by atoms with Crippen LogP contribution in [0.3, 0.4) is 0 Å². The highest BCUT2D eigenvalue weighted by Crippen LogP contribution is 2.40. The van der Waals surface area contributed by atoms with Gasteiger partial charge in [0.25, 0.3) is 0 Å². The molecule has 3 aromatic heterocycles. The summed E-state index contributed by atoms with van der Waals surface area (Å²) in [5, 5.41) is 5.10. The van der Waals surface area contributed by atoms with Gasteiger partial charge in [0.2, 0.25) is 0 Å². The van der Waals surface area contributed by atoms with Gasteiger partial charge in [-0.3, -0.25) is 0 Å². The first-order valence-corrected chi connectivity index (χ1v) is 18.6. The van der Waals surface area contributed by atoms with Crippen molar-refractivity contribution in [2.24, 2.45) is 0 Å². The Labute approximate surface area is 318 Å². The minimum atomic E-state index is 0.639. The molecule has 0 aliphatic heterocycles. The molecule has 0 saturated carbocycles. The van der Waals surface area contributed by atoms with Gasteiger partial charge < -0.3 is 4.40 Å². The normalized spacial score (nSPS) is 11.6. The fourth-order valence-corrected chi connectivity index (χ4v) is 8.10. The maximum Gasteiger partial charge on any atom is 0.164 e. The second-order valence-electron chi connectivity index (χ2n) is 14.1. The Morgan fingerprint density at radius 3 is 1.33 bits per heavy atom. The predicted octanol–water partition coefficient (Wildman–Crippen LogP) is 13.0. The maximum atomic E-state index is 5.09. The first-order chi connectivity index (χ1) is 27.2. The Morgan fingerprint density at radius 2 is 0.655 bits per heavy atom. The van der Waals surface area contributed by atoms with Crippen LogP contribution < -0.4 is 0 Å². The predicted molar refractivity (Wildman–Crippen MR) is 227 cm³/mol. The number of aromatic nitrogens is 4. The first-order valence-electron chi connectivity index (χ1n) is 18.6. The molecule has 4 heteroatoms. The van der Waals surface area contributed by atoms with Crippen LogP contribution in [0, 0.1) is 0 Å². The van der Waals surface area contributed by atoms with Crippen molar-refractivity contribution in [3.8, 4) is 67.5 Å². The van der Waals surface area contributed by atoms with Gasteiger partial charge in [-0.25, -0.2) is 15.0 Å². The highest BCUT2D eigenvalue weighted by atomic mass is 15.0. The summed E-state index contributed by atoms with van der Waals surface area (Å²) >= 11 is 0. The summed E-state index contributed by atoms with van der Waals surface area (Å²) in [6, 6.07) is 68.6. The van der Waals surface area contributed by atoms with Gasteiger partial charge in [-0.1, -0.05) is 170 Å². The third-order valence-electron chi connectivity index (χ3n) is 10.8. The van der Waals surface area contributed by atoms with Crippen molar-refractivity contribution in [2.45, 2.75) is 0 Å². The Morgan fingerprint density at radius 1 is 0.255 bits per heavy atom. The molecule has 0 fully saturated rings. The Balaban J connectivity index is 0.974. The number of hydrogen-bond donors (Lipinski definition) is 0. The molecule has 0 N–H and O–H groups in total. The van der Waals surface area contributed by atoms with E-state index in [0.29, 0.717) is 17.5 Å². The lowest BCUT2D eigenvalue weighted by Gasteiger charge is -2.10. The summed E-state index contributed by atoms with van der Waals surface area (Å²) in [6.45, 7) is 0. The van der Waals surface area contributed by atoms with Crippen molar-refractivity contribution in [3.05, 3.63) is 194 Å². The van der Waals surface area contributed by atoms with Crippen LogP contribution >= 0.6 is 0 Å². The molecule has 55 heavy (non-hydrogen) atoms. The molecular weight excluding hydrogens is 669 g/mol. The molecule has 0 aliphatic rings. The molecule has 3 heterocycles. The largest absolute Gasteiger partial charge is 0.308 e.